The Morgan fingerprint density at radius 1 is 1.42 bits per heavy atom. The van der Waals surface area contributed by atoms with Crippen molar-refractivity contribution in [1.82, 2.24) is 4.72 Å². The number of benzene rings is 1. The Balaban J connectivity index is 0.00000180. The lowest BCUT2D eigenvalue weighted by atomic mass is 9.78. The lowest BCUT2D eigenvalue weighted by Crippen LogP contribution is -2.54. The van der Waals surface area contributed by atoms with Crippen LogP contribution in [0, 0.1) is 5.82 Å². The fourth-order valence-electron chi connectivity index (χ4n) is 1.82. The predicted molar refractivity (Wildman–Crippen MR) is 74.6 cm³/mol. The Kier molecular flexibility index (Phi) is 5.20. The van der Waals surface area contributed by atoms with Crippen molar-refractivity contribution in [2.24, 2.45) is 5.73 Å². The van der Waals surface area contributed by atoms with Gasteiger partial charge in [0.1, 0.15) is 10.7 Å². The minimum Gasteiger partial charge on any atom is -0.324 e. The molecule has 0 atom stereocenters. The molecule has 0 amide bonds. The Hall–Kier alpha value is -0.400. The third-order valence-corrected chi connectivity index (χ3v) is 5.03. The highest BCUT2D eigenvalue weighted by molar-refractivity contribution is 7.89. The van der Waals surface area contributed by atoms with E-state index in [1.165, 1.54) is 0 Å². The monoisotopic (exact) mass is 328 g/mol. The highest BCUT2D eigenvalue weighted by Gasteiger charge is 2.34. The molecule has 1 aromatic carbocycles. The van der Waals surface area contributed by atoms with Crippen LogP contribution in [0.2, 0.25) is 5.02 Å². The third kappa shape index (κ3) is 3.79. The number of nitrogens with one attached hydrogen (secondary N) is 1. The van der Waals surface area contributed by atoms with Gasteiger partial charge < -0.3 is 5.73 Å². The largest absolute Gasteiger partial charge is 0.324 e. The summed E-state index contributed by atoms with van der Waals surface area (Å²) in [6, 6.07) is 3.17. The molecular formula is C11H15Cl2FN2O2S. The molecule has 1 fully saturated rings. The second kappa shape index (κ2) is 5.93. The van der Waals surface area contributed by atoms with Gasteiger partial charge in [-0.05, 0) is 37.5 Å². The van der Waals surface area contributed by atoms with Gasteiger partial charge in [0.2, 0.25) is 10.0 Å². The van der Waals surface area contributed by atoms with E-state index in [2.05, 4.69) is 4.72 Å². The number of hydrogen-bond acceptors (Lipinski definition) is 3. The van der Waals surface area contributed by atoms with Crippen molar-refractivity contribution < 1.29 is 12.8 Å². The zero-order valence-electron chi connectivity index (χ0n) is 10.0. The number of nitrogens with two attached hydrogens (primary N) is 1. The number of halogens is 3. The van der Waals surface area contributed by atoms with Gasteiger partial charge in [-0.25, -0.2) is 17.5 Å². The Bertz CT molecular complexity index is 562. The molecular weight excluding hydrogens is 314 g/mol. The SMILES string of the molecule is Cl.NC1(CNS(=O)(=O)c2ccc(F)cc2Cl)CCC1. The van der Waals surface area contributed by atoms with Crippen LogP contribution in [0.4, 0.5) is 4.39 Å². The molecule has 0 spiro atoms. The molecule has 1 aliphatic rings. The standard InChI is InChI=1S/C11H14ClFN2O2S.ClH/c12-9-6-8(13)2-3-10(9)18(16,17)15-7-11(14)4-1-5-11;/h2-3,6,15H,1,4-5,7,14H2;1H. The smallest absolute Gasteiger partial charge is 0.242 e. The fourth-order valence-corrected chi connectivity index (χ4v) is 3.49. The van der Waals surface area contributed by atoms with Crippen LogP contribution in [0.25, 0.3) is 0 Å². The average molecular weight is 329 g/mol. The molecule has 1 aliphatic carbocycles. The van der Waals surface area contributed by atoms with Gasteiger partial charge in [-0.2, -0.15) is 0 Å². The first-order chi connectivity index (χ1) is 8.32. The van der Waals surface area contributed by atoms with Gasteiger partial charge in [0, 0.05) is 12.1 Å². The average Bonchev–Trinajstić information content (AvgIpc) is 2.23. The first kappa shape index (κ1) is 16.7. The van der Waals surface area contributed by atoms with E-state index in [9.17, 15) is 12.8 Å². The molecule has 4 nitrogen and oxygen atoms in total. The molecule has 0 aromatic heterocycles. The zero-order chi connectivity index (χ0) is 13.4. The third-order valence-electron chi connectivity index (χ3n) is 3.15. The van der Waals surface area contributed by atoms with E-state index >= 15 is 0 Å². The van der Waals surface area contributed by atoms with Crippen molar-refractivity contribution >= 4 is 34.0 Å². The molecule has 3 N–H and O–H groups in total. The van der Waals surface area contributed by atoms with Crippen LogP contribution < -0.4 is 10.5 Å². The van der Waals surface area contributed by atoms with Crippen LogP contribution in [0.3, 0.4) is 0 Å². The number of hydrogen-bond donors (Lipinski definition) is 2. The molecule has 108 valence electrons. The quantitative estimate of drug-likeness (QED) is 0.888. The molecule has 1 saturated carbocycles. The number of rotatable bonds is 4. The van der Waals surface area contributed by atoms with Gasteiger partial charge >= 0.3 is 0 Å². The Morgan fingerprint density at radius 3 is 2.53 bits per heavy atom. The lowest BCUT2D eigenvalue weighted by Gasteiger charge is -2.38. The second-order valence-electron chi connectivity index (χ2n) is 4.62. The first-order valence-corrected chi connectivity index (χ1v) is 7.42. The van der Waals surface area contributed by atoms with Crippen molar-refractivity contribution in [2.45, 2.75) is 29.7 Å². The van der Waals surface area contributed by atoms with Gasteiger partial charge in [-0.3, -0.25) is 0 Å². The summed E-state index contributed by atoms with van der Waals surface area (Å²) in [5.41, 5.74) is 5.47. The van der Waals surface area contributed by atoms with Gasteiger partial charge in [0.15, 0.2) is 0 Å². The Morgan fingerprint density at radius 2 is 2.05 bits per heavy atom. The van der Waals surface area contributed by atoms with Gasteiger partial charge in [-0.1, -0.05) is 11.6 Å². The molecule has 1 aromatic rings. The summed E-state index contributed by atoms with van der Waals surface area (Å²) in [4.78, 5) is -0.131. The normalized spacial score (nSPS) is 17.4. The predicted octanol–water partition coefficient (Wildman–Crippen LogP) is 2.06. The van der Waals surface area contributed by atoms with E-state index < -0.39 is 21.4 Å². The molecule has 19 heavy (non-hydrogen) atoms. The molecule has 2 rings (SSSR count). The molecule has 0 saturated heterocycles. The number of sulfonamides is 1. The van der Waals surface area contributed by atoms with Crippen LogP contribution in [-0.2, 0) is 10.0 Å². The molecule has 0 radical (unpaired) electrons. The Labute approximate surface area is 123 Å². The summed E-state index contributed by atoms with van der Waals surface area (Å²) in [6.07, 6.45) is 2.61. The summed E-state index contributed by atoms with van der Waals surface area (Å²) in [5.74, 6) is -0.576. The van der Waals surface area contributed by atoms with Crippen LogP contribution in [-0.4, -0.2) is 20.5 Å². The summed E-state index contributed by atoms with van der Waals surface area (Å²) in [7, 11) is -3.75. The van der Waals surface area contributed by atoms with Gasteiger partial charge in [-0.15, -0.1) is 12.4 Å². The fraction of sp³-hybridized carbons (Fsp3) is 0.455. The van der Waals surface area contributed by atoms with E-state index in [1.807, 2.05) is 0 Å². The van der Waals surface area contributed by atoms with Crippen molar-refractivity contribution in [2.75, 3.05) is 6.54 Å². The summed E-state index contributed by atoms with van der Waals surface area (Å²) >= 11 is 5.72. The molecule has 0 heterocycles. The van der Waals surface area contributed by atoms with E-state index in [0.717, 1.165) is 37.5 Å². The van der Waals surface area contributed by atoms with Gasteiger partial charge in [0.25, 0.3) is 0 Å². The van der Waals surface area contributed by atoms with Crippen LogP contribution in [0.5, 0.6) is 0 Å². The van der Waals surface area contributed by atoms with E-state index in [1.54, 1.807) is 0 Å². The molecule has 8 heteroatoms. The van der Waals surface area contributed by atoms with Crippen LogP contribution >= 0.6 is 24.0 Å². The maximum atomic E-state index is 12.9. The lowest BCUT2D eigenvalue weighted by molar-refractivity contribution is 0.251. The van der Waals surface area contributed by atoms with Crippen molar-refractivity contribution in [3.05, 3.63) is 29.0 Å². The second-order valence-corrected chi connectivity index (χ2v) is 6.76. The van der Waals surface area contributed by atoms with Crippen LogP contribution in [0.1, 0.15) is 19.3 Å². The maximum Gasteiger partial charge on any atom is 0.242 e. The highest BCUT2D eigenvalue weighted by atomic mass is 35.5. The summed E-state index contributed by atoms with van der Waals surface area (Å²) in [6.45, 7) is 0.170. The minimum atomic E-state index is -3.75. The van der Waals surface area contributed by atoms with Crippen LogP contribution in [0.15, 0.2) is 23.1 Å². The van der Waals surface area contributed by atoms with E-state index in [0.29, 0.717) is 0 Å². The first-order valence-electron chi connectivity index (χ1n) is 5.56. The van der Waals surface area contributed by atoms with E-state index in [-0.39, 0.29) is 28.9 Å². The zero-order valence-corrected chi connectivity index (χ0v) is 12.4. The van der Waals surface area contributed by atoms with Crippen molar-refractivity contribution in [1.29, 1.82) is 0 Å². The van der Waals surface area contributed by atoms with Crippen molar-refractivity contribution in [3.63, 3.8) is 0 Å². The summed E-state index contributed by atoms with van der Waals surface area (Å²) in [5, 5.41) is -0.137. The minimum absolute atomic E-state index is 0. The molecule has 0 aliphatic heterocycles. The highest BCUT2D eigenvalue weighted by Crippen LogP contribution is 2.29. The maximum absolute atomic E-state index is 12.9. The van der Waals surface area contributed by atoms with Crippen molar-refractivity contribution in [3.8, 4) is 0 Å². The van der Waals surface area contributed by atoms with E-state index in [4.69, 9.17) is 17.3 Å². The summed E-state index contributed by atoms with van der Waals surface area (Å²) < 4.78 is 39.2. The molecule has 0 unspecified atom stereocenters. The molecule has 0 bridgehead atoms. The van der Waals surface area contributed by atoms with Gasteiger partial charge in [0.05, 0.1) is 5.02 Å². The topological polar surface area (TPSA) is 72.2 Å².